The van der Waals surface area contributed by atoms with Gasteiger partial charge in [0.25, 0.3) is 0 Å². The first-order valence-electron chi connectivity index (χ1n) is 5.50. The second-order valence-corrected chi connectivity index (χ2v) is 4.76. The monoisotopic (exact) mass is 205 g/mol. The van der Waals surface area contributed by atoms with Gasteiger partial charge < -0.3 is 10.6 Å². The molecule has 1 aromatic heterocycles. The molecule has 0 aromatic carbocycles. The van der Waals surface area contributed by atoms with E-state index in [0.29, 0.717) is 0 Å². The molecule has 1 aliphatic carbocycles. The van der Waals surface area contributed by atoms with E-state index >= 15 is 0 Å². The van der Waals surface area contributed by atoms with Crippen molar-refractivity contribution >= 4 is 5.69 Å². The number of nitrogens with two attached hydrogens (primary N) is 1. The molecule has 1 aliphatic rings. The van der Waals surface area contributed by atoms with Crippen LogP contribution in [-0.2, 0) is 6.42 Å². The number of anilines is 1. The van der Waals surface area contributed by atoms with Crippen LogP contribution in [0, 0.1) is 0 Å². The molecule has 0 atom stereocenters. The van der Waals surface area contributed by atoms with E-state index in [2.05, 4.69) is 30.0 Å². The van der Waals surface area contributed by atoms with Gasteiger partial charge in [-0.05, 0) is 37.3 Å². The van der Waals surface area contributed by atoms with Crippen LogP contribution in [-0.4, -0.2) is 24.6 Å². The Morgan fingerprint density at radius 1 is 1.47 bits per heavy atom. The molecular formula is C12H19N3. The Morgan fingerprint density at radius 2 is 2.20 bits per heavy atom. The van der Waals surface area contributed by atoms with E-state index in [9.17, 15) is 0 Å². The Morgan fingerprint density at radius 3 is 2.80 bits per heavy atom. The van der Waals surface area contributed by atoms with E-state index in [0.717, 1.165) is 12.8 Å². The first-order valence-corrected chi connectivity index (χ1v) is 5.50. The van der Waals surface area contributed by atoms with E-state index in [1.807, 2.05) is 12.4 Å². The highest BCUT2D eigenvalue weighted by Crippen LogP contribution is 2.37. The molecule has 0 unspecified atom stereocenters. The zero-order valence-electron chi connectivity index (χ0n) is 9.53. The summed E-state index contributed by atoms with van der Waals surface area (Å²) in [7, 11) is 4.13. The van der Waals surface area contributed by atoms with Crippen molar-refractivity contribution in [2.45, 2.75) is 31.2 Å². The van der Waals surface area contributed by atoms with Crippen LogP contribution in [0.1, 0.15) is 24.8 Å². The summed E-state index contributed by atoms with van der Waals surface area (Å²) in [4.78, 5) is 6.31. The van der Waals surface area contributed by atoms with Crippen LogP contribution in [0.5, 0.6) is 0 Å². The second-order valence-electron chi connectivity index (χ2n) is 4.76. The van der Waals surface area contributed by atoms with Crippen LogP contribution >= 0.6 is 0 Å². The van der Waals surface area contributed by atoms with Gasteiger partial charge in [0.05, 0.1) is 0 Å². The third-order valence-corrected chi connectivity index (χ3v) is 3.14. The van der Waals surface area contributed by atoms with Crippen molar-refractivity contribution < 1.29 is 0 Å². The molecule has 1 saturated carbocycles. The van der Waals surface area contributed by atoms with Crippen molar-refractivity contribution in [1.29, 1.82) is 0 Å². The average molecular weight is 205 g/mol. The van der Waals surface area contributed by atoms with Gasteiger partial charge in [-0.3, -0.25) is 4.98 Å². The van der Waals surface area contributed by atoms with Crippen molar-refractivity contribution in [1.82, 2.24) is 4.98 Å². The van der Waals surface area contributed by atoms with Crippen molar-refractivity contribution in [3.8, 4) is 0 Å². The van der Waals surface area contributed by atoms with E-state index in [4.69, 9.17) is 5.73 Å². The third kappa shape index (κ3) is 2.48. The predicted molar refractivity (Wildman–Crippen MR) is 63.0 cm³/mol. The molecule has 1 fully saturated rings. The van der Waals surface area contributed by atoms with Gasteiger partial charge >= 0.3 is 0 Å². The Labute approximate surface area is 91.3 Å². The lowest BCUT2D eigenvalue weighted by molar-refractivity contribution is 0.608. The molecule has 1 heterocycles. The van der Waals surface area contributed by atoms with Crippen molar-refractivity contribution in [2.75, 3.05) is 19.0 Å². The summed E-state index contributed by atoms with van der Waals surface area (Å²) in [6.45, 7) is 0. The molecule has 2 N–H and O–H groups in total. The highest BCUT2D eigenvalue weighted by molar-refractivity contribution is 5.51. The minimum atomic E-state index is 0.138. The Bertz CT molecular complexity index is 342. The van der Waals surface area contributed by atoms with Crippen LogP contribution < -0.4 is 10.6 Å². The van der Waals surface area contributed by atoms with Gasteiger partial charge in [-0.2, -0.15) is 0 Å². The maximum Gasteiger partial charge on any atom is 0.0424 e. The molecule has 82 valence electrons. The summed E-state index contributed by atoms with van der Waals surface area (Å²) in [6.07, 6.45) is 8.29. The SMILES string of the molecule is CN(C)c1ccncc1CCC1(N)CC1. The van der Waals surface area contributed by atoms with Crippen LogP contribution in [0.3, 0.4) is 0 Å². The number of hydrogen-bond donors (Lipinski definition) is 1. The number of hydrogen-bond acceptors (Lipinski definition) is 3. The summed E-state index contributed by atoms with van der Waals surface area (Å²) < 4.78 is 0. The quantitative estimate of drug-likeness (QED) is 0.811. The summed E-state index contributed by atoms with van der Waals surface area (Å²) in [5.74, 6) is 0. The summed E-state index contributed by atoms with van der Waals surface area (Å²) >= 11 is 0. The van der Waals surface area contributed by atoms with Gasteiger partial charge in [0.15, 0.2) is 0 Å². The highest BCUT2D eigenvalue weighted by atomic mass is 15.1. The molecule has 1 aromatic rings. The molecule has 3 heteroatoms. The molecule has 0 amide bonds. The maximum absolute atomic E-state index is 6.09. The normalized spacial score (nSPS) is 17.5. The topological polar surface area (TPSA) is 42.2 Å². The van der Waals surface area contributed by atoms with Gasteiger partial charge in [0.2, 0.25) is 0 Å². The largest absolute Gasteiger partial charge is 0.377 e. The first-order chi connectivity index (χ1) is 7.11. The van der Waals surface area contributed by atoms with E-state index in [1.54, 1.807) is 0 Å². The fourth-order valence-corrected chi connectivity index (χ4v) is 1.84. The van der Waals surface area contributed by atoms with Crippen LogP contribution in [0.2, 0.25) is 0 Å². The minimum absolute atomic E-state index is 0.138. The number of rotatable bonds is 4. The Kier molecular flexibility index (Phi) is 2.65. The molecular weight excluding hydrogens is 186 g/mol. The van der Waals surface area contributed by atoms with Gasteiger partial charge in [-0.1, -0.05) is 0 Å². The maximum atomic E-state index is 6.09. The number of aromatic nitrogens is 1. The zero-order chi connectivity index (χ0) is 10.9. The number of aryl methyl sites for hydroxylation is 1. The van der Waals surface area contributed by atoms with Gasteiger partial charge in [-0.25, -0.2) is 0 Å². The molecule has 2 rings (SSSR count). The molecule has 15 heavy (non-hydrogen) atoms. The predicted octanol–water partition coefficient (Wildman–Crippen LogP) is 1.57. The summed E-state index contributed by atoms with van der Waals surface area (Å²) in [5.41, 5.74) is 8.79. The molecule has 0 saturated heterocycles. The molecule has 3 nitrogen and oxygen atoms in total. The van der Waals surface area contributed by atoms with Crippen LogP contribution in [0.25, 0.3) is 0 Å². The van der Waals surface area contributed by atoms with Crippen molar-refractivity contribution in [3.05, 3.63) is 24.0 Å². The van der Waals surface area contributed by atoms with Gasteiger partial charge in [0.1, 0.15) is 0 Å². The first kappa shape index (κ1) is 10.4. The summed E-state index contributed by atoms with van der Waals surface area (Å²) in [6, 6.07) is 2.06. The zero-order valence-corrected chi connectivity index (χ0v) is 9.53. The smallest absolute Gasteiger partial charge is 0.0424 e. The van der Waals surface area contributed by atoms with Gasteiger partial charge in [0, 0.05) is 37.7 Å². The number of pyridine rings is 1. The van der Waals surface area contributed by atoms with E-state index < -0.39 is 0 Å². The lowest BCUT2D eigenvalue weighted by atomic mass is 10.0. The third-order valence-electron chi connectivity index (χ3n) is 3.14. The Hall–Kier alpha value is -1.09. The highest BCUT2D eigenvalue weighted by Gasteiger charge is 2.37. The Balaban J connectivity index is 2.06. The van der Waals surface area contributed by atoms with Crippen molar-refractivity contribution in [2.24, 2.45) is 5.73 Å². The number of nitrogens with zero attached hydrogens (tertiary/aromatic N) is 2. The molecule has 0 aliphatic heterocycles. The molecule has 0 spiro atoms. The van der Waals surface area contributed by atoms with Crippen LogP contribution in [0.4, 0.5) is 5.69 Å². The van der Waals surface area contributed by atoms with Gasteiger partial charge in [-0.15, -0.1) is 0 Å². The molecule has 0 radical (unpaired) electrons. The fraction of sp³-hybridized carbons (Fsp3) is 0.583. The van der Waals surface area contributed by atoms with E-state index in [-0.39, 0.29) is 5.54 Å². The van der Waals surface area contributed by atoms with Crippen LogP contribution in [0.15, 0.2) is 18.5 Å². The average Bonchev–Trinajstić information content (AvgIpc) is 2.95. The minimum Gasteiger partial charge on any atom is -0.377 e. The lowest BCUT2D eigenvalue weighted by Gasteiger charge is -2.17. The standard InChI is InChI=1S/C12H19N3/c1-15(2)11-4-8-14-9-10(11)3-5-12(13)6-7-12/h4,8-9H,3,5-7,13H2,1-2H3. The van der Waals surface area contributed by atoms with E-state index in [1.165, 1.54) is 24.1 Å². The molecule has 0 bridgehead atoms. The lowest BCUT2D eigenvalue weighted by Crippen LogP contribution is -2.22. The van der Waals surface area contributed by atoms with Crippen molar-refractivity contribution in [3.63, 3.8) is 0 Å². The fourth-order valence-electron chi connectivity index (χ4n) is 1.84. The summed E-state index contributed by atoms with van der Waals surface area (Å²) in [5, 5.41) is 0. The second kappa shape index (κ2) is 3.81.